The molecular weight excluding hydrogens is 508 g/mol. The number of ketones is 1. The number of anilines is 1. The molecule has 1 heterocycles. The molecule has 1 aliphatic rings. The predicted molar refractivity (Wildman–Crippen MR) is 163 cm³/mol. The Balaban J connectivity index is 1.74. The number of rotatable bonds is 8. The summed E-state index contributed by atoms with van der Waals surface area (Å²) in [7, 11) is 0. The van der Waals surface area contributed by atoms with E-state index in [2.05, 4.69) is 11.9 Å². The third-order valence-electron chi connectivity index (χ3n) is 8.10. The molecule has 4 N–H and O–H groups in total. The van der Waals surface area contributed by atoms with Crippen molar-refractivity contribution >= 4 is 17.4 Å². The lowest BCUT2D eigenvalue weighted by molar-refractivity contribution is -0.118. The number of primary amides is 1. The standard InChI is InChI=1S/C35H32N4O2/c1-3-4-14-27-29-28(24-16-9-10-17-25(24)30(29)35(37)41)31(32(36)33(27)39-20-19-38-21(39)2)34(40)26-18-11-8-15-23(26)22-12-6-5-7-13-22/h5-13,15-20,30H,3-4,14,36H2,1-2H3,(H2,37,41). The highest BCUT2D eigenvalue weighted by Gasteiger charge is 2.40. The Kier molecular flexibility index (Phi) is 6.75. The number of hydrogen-bond acceptors (Lipinski definition) is 4. The Morgan fingerprint density at radius 1 is 0.927 bits per heavy atom. The van der Waals surface area contributed by atoms with Crippen LogP contribution in [0.25, 0.3) is 27.9 Å². The molecule has 1 aromatic heterocycles. The van der Waals surface area contributed by atoms with Crippen LogP contribution in [0.3, 0.4) is 0 Å². The first-order valence-electron chi connectivity index (χ1n) is 14.0. The van der Waals surface area contributed by atoms with Crippen molar-refractivity contribution < 1.29 is 9.59 Å². The molecule has 0 aliphatic heterocycles. The molecule has 0 fully saturated rings. The molecule has 6 heteroatoms. The van der Waals surface area contributed by atoms with Crippen molar-refractivity contribution in [1.82, 2.24) is 9.55 Å². The second-order valence-electron chi connectivity index (χ2n) is 10.5. The lowest BCUT2D eigenvalue weighted by Gasteiger charge is -2.25. The van der Waals surface area contributed by atoms with Crippen molar-refractivity contribution in [3.8, 4) is 27.9 Å². The summed E-state index contributed by atoms with van der Waals surface area (Å²) in [5.74, 6) is -0.593. The van der Waals surface area contributed by atoms with Crippen LogP contribution in [0, 0.1) is 6.92 Å². The van der Waals surface area contributed by atoms with Crippen LogP contribution >= 0.6 is 0 Å². The number of amides is 1. The number of hydrogen-bond donors (Lipinski definition) is 2. The molecule has 0 radical (unpaired) electrons. The Labute approximate surface area is 239 Å². The second kappa shape index (κ2) is 10.5. The third-order valence-corrected chi connectivity index (χ3v) is 8.10. The van der Waals surface area contributed by atoms with Crippen molar-refractivity contribution in [2.45, 2.75) is 39.0 Å². The fraction of sp³-hybridized carbons (Fsp3) is 0.171. The van der Waals surface area contributed by atoms with E-state index in [0.717, 1.165) is 52.0 Å². The van der Waals surface area contributed by atoms with Crippen molar-refractivity contribution in [3.63, 3.8) is 0 Å². The van der Waals surface area contributed by atoms with Gasteiger partial charge < -0.3 is 16.0 Å². The Morgan fingerprint density at radius 3 is 2.29 bits per heavy atom. The molecular formula is C35H32N4O2. The van der Waals surface area contributed by atoms with Crippen LogP contribution in [0.4, 0.5) is 5.69 Å². The molecule has 0 spiro atoms. The molecule has 4 aromatic carbocycles. The molecule has 6 nitrogen and oxygen atoms in total. The Hall–Kier alpha value is -4.97. The molecule has 0 saturated carbocycles. The van der Waals surface area contributed by atoms with Gasteiger partial charge in [-0.1, -0.05) is 92.2 Å². The maximum atomic E-state index is 14.8. The first-order valence-corrected chi connectivity index (χ1v) is 14.0. The smallest absolute Gasteiger partial charge is 0.229 e. The van der Waals surface area contributed by atoms with Crippen LogP contribution < -0.4 is 11.5 Å². The fourth-order valence-electron chi connectivity index (χ4n) is 6.27. The van der Waals surface area contributed by atoms with E-state index in [4.69, 9.17) is 11.5 Å². The van der Waals surface area contributed by atoms with Gasteiger partial charge in [0.05, 0.1) is 22.9 Å². The first kappa shape index (κ1) is 26.3. The molecule has 204 valence electrons. The minimum Gasteiger partial charge on any atom is -0.396 e. The van der Waals surface area contributed by atoms with Crippen LogP contribution in [-0.4, -0.2) is 21.2 Å². The lowest BCUT2D eigenvalue weighted by atomic mass is 9.83. The summed E-state index contributed by atoms with van der Waals surface area (Å²) in [6.07, 6.45) is 6.10. The SMILES string of the molecule is CCCCc1c2c(c(C(=O)c3ccccc3-c3ccccc3)c(N)c1-n1ccnc1C)-c1ccccc1C2C(N)=O. The predicted octanol–water partition coefficient (Wildman–Crippen LogP) is 6.60. The lowest BCUT2D eigenvalue weighted by Crippen LogP contribution is -2.23. The van der Waals surface area contributed by atoms with Gasteiger partial charge in [0.15, 0.2) is 5.78 Å². The number of aromatic nitrogens is 2. The van der Waals surface area contributed by atoms with Gasteiger partial charge in [0.2, 0.25) is 5.91 Å². The minimum atomic E-state index is -0.688. The summed E-state index contributed by atoms with van der Waals surface area (Å²) < 4.78 is 1.93. The number of unbranched alkanes of at least 4 members (excludes halogenated alkanes) is 1. The maximum absolute atomic E-state index is 14.8. The topological polar surface area (TPSA) is 104 Å². The van der Waals surface area contributed by atoms with Crippen molar-refractivity contribution in [1.29, 1.82) is 0 Å². The van der Waals surface area contributed by atoms with E-state index < -0.39 is 11.8 Å². The number of benzene rings is 4. The molecule has 0 bridgehead atoms. The van der Waals surface area contributed by atoms with Crippen LogP contribution in [0.1, 0.15) is 64.1 Å². The minimum absolute atomic E-state index is 0.195. The Morgan fingerprint density at radius 2 is 1.61 bits per heavy atom. The van der Waals surface area contributed by atoms with E-state index in [1.54, 1.807) is 6.20 Å². The highest BCUT2D eigenvalue weighted by molar-refractivity contribution is 6.21. The summed E-state index contributed by atoms with van der Waals surface area (Å²) in [4.78, 5) is 32.5. The van der Waals surface area contributed by atoms with Crippen molar-refractivity contribution in [3.05, 3.63) is 125 Å². The summed E-state index contributed by atoms with van der Waals surface area (Å²) in [5, 5.41) is 0. The van der Waals surface area contributed by atoms with E-state index in [0.29, 0.717) is 34.5 Å². The van der Waals surface area contributed by atoms with Gasteiger partial charge in [0.25, 0.3) is 0 Å². The summed E-state index contributed by atoms with van der Waals surface area (Å²) in [6, 6.07) is 25.2. The van der Waals surface area contributed by atoms with Gasteiger partial charge in [-0.05, 0) is 58.7 Å². The molecule has 1 aliphatic carbocycles. The van der Waals surface area contributed by atoms with E-state index in [9.17, 15) is 9.59 Å². The molecule has 1 unspecified atom stereocenters. The molecule has 1 atom stereocenters. The fourth-order valence-corrected chi connectivity index (χ4v) is 6.27. The van der Waals surface area contributed by atoms with Gasteiger partial charge in [-0.2, -0.15) is 0 Å². The quantitative estimate of drug-likeness (QED) is 0.171. The van der Waals surface area contributed by atoms with Gasteiger partial charge in [-0.15, -0.1) is 0 Å². The highest BCUT2D eigenvalue weighted by Crippen LogP contribution is 2.52. The molecule has 41 heavy (non-hydrogen) atoms. The monoisotopic (exact) mass is 540 g/mol. The Bertz CT molecular complexity index is 1800. The van der Waals surface area contributed by atoms with Crippen molar-refractivity contribution in [2.24, 2.45) is 5.73 Å². The van der Waals surface area contributed by atoms with Gasteiger partial charge in [0.1, 0.15) is 5.82 Å². The van der Waals surface area contributed by atoms with Gasteiger partial charge >= 0.3 is 0 Å². The number of carbonyl (C=O) groups is 2. The number of nitrogens with zero attached hydrogens (tertiary/aromatic N) is 2. The van der Waals surface area contributed by atoms with Gasteiger partial charge in [-0.3, -0.25) is 9.59 Å². The largest absolute Gasteiger partial charge is 0.396 e. The second-order valence-corrected chi connectivity index (χ2v) is 10.5. The summed E-state index contributed by atoms with van der Waals surface area (Å²) in [5.41, 5.74) is 21.1. The van der Waals surface area contributed by atoms with Crippen molar-refractivity contribution in [2.75, 3.05) is 5.73 Å². The summed E-state index contributed by atoms with van der Waals surface area (Å²) in [6.45, 7) is 4.03. The third kappa shape index (κ3) is 4.23. The van der Waals surface area contributed by atoms with E-state index in [-0.39, 0.29) is 5.78 Å². The number of imidazole rings is 1. The zero-order chi connectivity index (χ0) is 28.7. The summed E-state index contributed by atoms with van der Waals surface area (Å²) >= 11 is 0. The van der Waals surface area contributed by atoms with Gasteiger partial charge in [-0.25, -0.2) is 4.98 Å². The van der Waals surface area contributed by atoms with Crippen LogP contribution in [0.5, 0.6) is 0 Å². The number of nitrogens with two attached hydrogens (primary N) is 2. The number of nitrogen functional groups attached to an aromatic ring is 1. The average Bonchev–Trinajstić information content (AvgIpc) is 3.57. The first-order chi connectivity index (χ1) is 19.9. The van der Waals surface area contributed by atoms with Crippen LogP contribution in [0.2, 0.25) is 0 Å². The number of aryl methyl sites for hydroxylation is 1. The molecule has 5 aromatic rings. The van der Waals surface area contributed by atoms with E-state index in [1.807, 2.05) is 96.6 Å². The molecule has 0 saturated heterocycles. The average molecular weight is 541 g/mol. The molecule has 6 rings (SSSR count). The number of carbonyl (C=O) groups excluding carboxylic acids is 2. The number of fused-ring (bicyclic) bond motifs is 3. The van der Waals surface area contributed by atoms with Crippen LogP contribution in [-0.2, 0) is 11.2 Å². The van der Waals surface area contributed by atoms with E-state index >= 15 is 0 Å². The van der Waals surface area contributed by atoms with Crippen LogP contribution in [0.15, 0.2) is 91.3 Å². The molecule has 1 amide bonds. The zero-order valence-electron chi connectivity index (χ0n) is 23.2. The normalized spacial score (nSPS) is 13.6. The maximum Gasteiger partial charge on any atom is 0.229 e. The highest BCUT2D eigenvalue weighted by atomic mass is 16.1. The van der Waals surface area contributed by atoms with Gasteiger partial charge in [0, 0.05) is 18.0 Å². The van der Waals surface area contributed by atoms with E-state index in [1.165, 1.54) is 0 Å². The zero-order valence-corrected chi connectivity index (χ0v) is 23.2.